The number of likely N-dealkylation sites (tertiary alicyclic amines) is 1. The van der Waals surface area contributed by atoms with Crippen molar-refractivity contribution in [2.75, 3.05) is 27.2 Å². The zero-order valence-electron chi connectivity index (χ0n) is 32.6. The molecule has 5 N–H and O–H groups in total. The molecule has 0 bridgehead atoms. The number of aryl methyl sites for hydroxylation is 2. The molecule has 1 aromatic carbocycles. The normalized spacial score (nSPS) is 18.2. The van der Waals surface area contributed by atoms with Gasteiger partial charge in [0.05, 0.1) is 0 Å². The highest BCUT2D eigenvalue weighted by Gasteiger charge is 2.35. The van der Waals surface area contributed by atoms with Crippen molar-refractivity contribution in [2.45, 2.75) is 116 Å². The van der Waals surface area contributed by atoms with Gasteiger partial charge in [-0.05, 0) is 95.8 Å². The first-order valence-electron chi connectivity index (χ1n) is 18.5. The van der Waals surface area contributed by atoms with E-state index in [0.717, 1.165) is 13.4 Å². The molecule has 1 aliphatic heterocycles. The van der Waals surface area contributed by atoms with Crippen LogP contribution in [0.15, 0.2) is 36.7 Å². The SMILES string of the molecule is CC(NC(=O)CN(C)C(=O)OC(C)(C)C)C1CCCCC1.CO.NC(=O)C1CC(NC(=O)c2cc(C=O)ncn2)CN1C=O.c1ccc2c(c1)CCCC2. The molecule has 2 fully saturated rings. The number of carbonyl (C=O) groups is 6. The highest BCUT2D eigenvalue weighted by molar-refractivity contribution is 5.94. The number of amides is 5. The van der Waals surface area contributed by atoms with Crippen LogP contribution in [0.25, 0.3) is 0 Å². The number of aromatic nitrogens is 2. The van der Waals surface area contributed by atoms with Crippen molar-refractivity contribution in [1.29, 1.82) is 0 Å². The number of benzene rings is 1. The summed E-state index contributed by atoms with van der Waals surface area (Å²) in [6.45, 7) is 7.71. The Morgan fingerprint density at radius 2 is 1.63 bits per heavy atom. The lowest BCUT2D eigenvalue weighted by Crippen LogP contribution is -2.45. The molecule has 2 heterocycles. The van der Waals surface area contributed by atoms with E-state index in [0.29, 0.717) is 18.6 Å². The Kier molecular flexibility index (Phi) is 19.3. The van der Waals surface area contributed by atoms with E-state index in [2.05, 4.69) is 51.8 Å². The van der Waals surface area contributed by atoms with Gasteiger partial charge < -0.3 is 36.0 Å². The van der Waals surface area contributed by atoms with Crippen molar-refractivity contribution >= 4 is 36.5 Å². The summed E-state index contributed by atoms with van der Waals surface area (Å²) in [6.07, 6.45) is 13.5. The summed E-state index contributed by atoms with van der Waals surface area (Å²) in [5.74, 6) is -0.693. The van der Waals surface area contributed by atoms with Crippen LogP contribution in [0.3, 0.4) is 0 Å². The van der Waals surface area contributed by atoms with Crippen LogP contribution < -0.4 is 16.4 Å². The Bertz CT molecular complexity index is 1500. The topological polar surface area (TPSA) is 214 Å². The van der Waals surface area contributed by atoms with Crippen LogP contribution in [-0.4, -0.2) is 112 Å². The van der Waals surface area contributed by atoms with E-state index in [-0.39, 0.29) is 42.8 Å². The van der Waals surface area contributed by atoms with E-state index in [9.17, 15) is 28.8 Å². The number of aldehydes is 1. The van der Waals surface area contributed by atoms with Crippen molar-refractivity contribution < 1.29 is 38.6 Å². The van der Waals surface area contributed by atoms with Crippen LogP contribution in [0.5, 0.6) is 0 Å². The largest absolute Gasteiger partial charge is 0.444 e. The molecule has 3 atom stereocenters. The number of nitrogens with one attached hydrogen (secondary N) is 2. The molecule has 54 heavy (non-hydrogen) atoms. The van der Waals surface area contributed by atoms with Gasteiger partial charge in [0.1, 0.15) is 35.9 Å². The van der Waals surface area contributed by atoms with Crippen LogP contribution in [0.1, 0.15) is 111 Å². The second-order valence-electron chi connectivity index (χ2n) is 14.6. The molecular formula is C39H59N7O8. The average molecular weight is 754 g/mol. The number of aliphatic hydroxyl groups excluding tert-OH is 1. The molecule has 3 aliphatic rings. The summed E-state index contributed by atoms with van der Waals surface area (Å²) in [7, 11) is 2.58. The van der Waals surface area contributed by atoms with Gasteiger partial charge in [0.15, 0.2) is 6.29 Å². The van der Waals surface area contributed by atoms with E-state index in [4.69, 9.17) is 15.6 Å². The van der Waals surface area contributed by atoms with Crippen molar-refractivity contribution in [3.8, 4) is 0 Å². The summed E-state index contributed by atoms with van der Waals surface area (Å²) in [5.41, 5.74) is 7.93. The van der Waals surface area contributed by atoms with E-state index in [1.807, 2.05) is 20.8 Å². The van der Waals surface area contributed by atoms with E-state index in [1.54, 1.807) is 18.2 Å². The summed E-state index contributed by atoms with van der Waals surface area (Å²) < 4.78 is 5.23. The van der Waals surface area contributed by atoms with Gasteiger partial charge in [-0.25, -0.2) is 14.8 Å². The van der Waals surface area contributed by atoms with Crippen LogP contribution in [0.2, 0.25) is 0 Å². The van der Waals surface area contributed by atoms with E-state index >= 15 is 0 Å². The second kappa shape index (κ2) is 23.0. The van der Waals surface area contributed by atoms with Crippen LogP contribution in [0, 0.1) is 5.92 Å². The minimum Gasteiger partial charge on any atom is -0.444 e. The Balaban J connectivity index is 0.000000288. The van der Waals surface area contributed by atoms with Crippen molar-refractivity contribution in [3.63, 3.8) is 0 Å². The lowest BCUT2D eigenvalue weighted by molar-refractivity contribution is -0.128. The number of hydrogen-bond donors (Lipinski definition) is 4. The van der Waals surface area contributed by atoms with Gasteiger partial charge in [-0.3, -0.25) is 24.0 Å². The number of nitrogens with two attached hydrogens (primary N) is 1. The zero-order chi connectivity index (χ0) is 40.3. The summed E-state index contributed by atoms with van der Waals surface area (Å²) in [5, 5.41) is 12.7. The Morgan fingerprint density at radius 3 is 2.15 bits per heavy atom. The fourth-order valence-corrected chi connectivity index (χ4v) is 6.53. The molecule has 5 rings (SSSR count). The fraction of sp³-hybridized carbons (Fsp3) is 0.590. The van der Waals surface area contributed by atoms with Crippen molar-refractivity contribution in [3.05, 3.63) is 59.2 Å². The molecule has 5 amide bonds. The number of carbonyl (C=O) groups excluding carboxylic acids is 6. The molecule has 1 aromatic heterocycles. The van der Waals surface area contributed by atoms with Crippen molar-refractivity contribution in [1.82, 2.24) is 30.4 Å². The molecule has 15 nitrogen and oxygen atoms in total. The minimum atomic E-state index is -0.733. The predicted molar refractivity (Wildman–Crippen MR) is 203 cm³/mol. The number of ether oxygens (including phenoxy) is 1. The Labute approximate surface area is 318 Å². The average Bonchev–Trinajstić information content (AvgIpc) is 3.59. The first-order chi connectivity index (χ1) is 25.7. The van der Waals surface area contributed by atoms with Crippen LogP contribution in [-0.2, 0) is 32.0 Å². The molecule has 2 aliphatic carbocycles. The number of primary amides is 1. The number of hydrogen-bond acceptors (Lipinski definition) is 10. The first kappa shape index (κ1) is 45.2. The monoisotopic (exact) mass is 753 g/mol. The third-order valence-electron chi connectivity index (χ3n) is 9.27. The van der Waals surface area contributed by atoms with Gasteiger partial charge in [-0.2, -0.15) is 0 Å². The third-order valence-corrected chi connectivity index (χ3v) is 9.27. The van der Waals surface area contributed by atoms with Gasteiger partial charge in [0, 0.05) is 32.8 Å². The van der Waals surface area contributed by atoms with Gasteiger partial charge in [-0.1, -0.05) is 43.5 Å². The summed E-state index contributed by atoms with van der Waals surface area (Å²) in [6, 6.07) is 9.08. The lowest BCUT2D eigenvalue weighted by atomic mass is 9.84. The van der Waals surface area contributed by atoms with E-state index in [1.165, 1.54) is 73.7 Å². The summed E-state index contributed by atoms with van der Waals surface area (Å²) >= 11 is 0. The highest BCUT2D eigenvalue weighted by Crippen LogP contribution is 2.26. The zero-order valence-corrected chi connectivity index (χ0v) is 32.6. The van der Waals surface area contributed by atoms with Gasteiger partial charge in [0.2, 0.25) is 18.2 Å². The molecular weight excluding hydrogens is 694 g/mol. The number of fused-ring (bicyclic) bond motifs is 1. The third kappa shape index (κ3) is 15.6. The van der Waals surface area contributed by atoms with Crippen molar-refractivity contribution in [2.24, 2.45) is 11.7 Å². The Hall–Kier alpha value is -4.92. The molecule has 0 spiro atoms. The molecule has 298 valence electrons. The van der Waals surface area contributed by atoms with Gasteiger partial charge in [0.25, 0.3) is 5.91 Å². The fourth-order valence-electron chi connectivity index (χ4n) is 6.53. The van der Waals surface area contributed by atoms with E-state index < -0.39 is 35.6 Å². The highest BCUT2D eigenvalue weighted by atomic mass is 16.6. The molecule has 3 unspecified atom stereocenters. The quantitative estimate of drug-likeness (QED) is 0.275. The van der Waals surface area contributed by atoms with Gasteiger partial charge >= 0.3 is 6.09 Å². The van der Waals surface area contributed by atoms with Gasteiger partial charge in [-0.15, -0.1) is 0 Å². The number of rotatable bonds is 9. The number of likely N-dealkylation sites (N-methyl/N-ethyl adjacent to an activating group) is 1. The standard InChI is InChI=1S/C16H30N2O3.C12H13N5O4.C10H12.CH4O/c1-12(13-9-7-6-8-10-13)17-14(19)11-18(5)15(20)21-16(2,3)4;13-11(20)10-2-7(3-17(10)6-19)16-12(21)9-1-8(4-18)14-5-15-9;1-2-6-10-8-4-3-7-9(10)5-1;1-2/h12-13H,6-11H2,1-5H3,(H,17,19);1,4-7,10H,2-3H2,(H2,13,20)(H,16,21);1-2,5-6H,3-4,7-8H2;2H,1H3. The smallest absolute Gasteiger partial charge is 0.410 e. The maximum atomic E-state index is 12.0. The molecule has 0 radical (unpaired) electrons. The Morgan fingerprint density at radius 1 is 1.02 bits per heavy atom. The number of aliphatic hydroxyl groups is 1. The van der Waals surface area contributed by atoms with Crippen LogP contribution >= 0.6 is 0 Å². The molecule has 15 heteroatoms. The molecule has 1 saturated carbocycles. The predicted octanol–water partition coefficient (Wildman–Crippen LogP) is 3.22. The first-order valence-corrected chi connectivity index (χ1v) is 18.5. The lowest BCUT2D eigenvalue weighted by Gasteiger charge is -2.29. The second-order valence-corrected chi connectivity index (χ2v) is 14.6. The van der Waals surface area contributed by atoms with Crippen LogP contribution in [0.4, 0.5) is 4.79 Å². The number of nitrogens with zero attached hydrogens (tertiary/aromatic N) is 4. The molecule has 1 saturated heterocycles. The summed E-state index contributed by atoms with van der Waals surface area (Å²) in [4.78, 5) is 78.5. The molecule has 2 aromatic rings. The maximum Gasteiger partial charge on any atom is 0.410 e. The maximum absolute atomic E-state index is 12.0. The minimum absolute atomic E-state index is 0.0337.